The SMILES string of the molecule is CCC(CC)CNCC(N)c1cccs1. The Balaban J connectivity index is 2.20. The molecule has 0 saturated carbocycles. The predicted molar refractivity (Wildman–Crippen MR) is 68.2 cm³/mol. The number of nitrogens with one attached hydrogen (secondary N) is 1. The summed E-state index contributed by atoms with van der Waals surface area (Å²) in [6, 6.07) is 4.31. The second kappa shape index (κ2) is 6.99. The van der Waals surface area contributed by atoms with E-state index in [1.165, 1.54) is 17.7 Å². The molecular formula is C12H22N2S. The van der Waals surface area contributed by atoms with Crippen LogP contribution in [-0.2, 0) is 0 Å². The maximum atomic E-state index is 6.06. The summed E-state index contributed by atoms with van der Waals surface area (Å²) in [5.74, 6) is 0.792. The third kappa shape index (κ3) is 4.33. The largest absolute Gasteiger partial charge is 0.322 e. The quantitative estimate of drug-likeness (QED) is 0.750. The van der Waals surface area contributed by atoms with Gasteiger partial charge in [0, 0.05) is 11.4 Å². The van der Waals surface area contributed by atoms with Gasteiger partial charge in [0.1, 0.15) is 0 Å². The lowest BCUT2D eigenvalue weighted by Gasteiger charge is -2.15. The summed E-state index contributed by atoms with van der Waals surface area (Å²) in [6.45, 7) is 6.47. The van der Waals surface area contributed by atoms with E-state index in [1.54, 1.807) is 11.3 Å². The molecule has 1 atom stereocenters. The number of rotatable bonds is 7. The second-order valence-electron chi connectivity index (χ2n) is 3.96. The lowest BCUT2D eigenvalue weighted by molar-refractivity contribution is 0.440. The van der Waals surface area contributed by atoms with E-state index in [0.29, 0.717) is 0 Å². The average molecular weight is 226 g/mol. The van der Waals surface area contributed by atoms with Crippen molar-refractivity contribution in [2.24, 2.45) is 11.7 Å². The van der Waals surface area contributed by atoms with Crippen molar-refractivity contribution in [1.82, 2.24) is 5.32 Å². The molecular weight excluding hydrogens is 204 g/mol. The van der Waals surface area contributed by atoms with Crippen LogP contribution in [0, 0.1) is 5.92 Å². The van der Waals surface area contributed by atoms with Crippen molar-refractivity contribution in [2.75, 3.05) is 13.1 Å². The third-order valence-corrected chi connectivity index (χ3v) is 3.86. The van der Waals surface area contributed by atoms with Gasteiger partial charge < -0.3 is 11.1 Å². The standard InChI is InChI=1S/C12H22N2S/c1-3-10(4-2)8-14-9-11(13)12-6-5-7-15-12/h5-7,10-11,14H,3-4,8-9,13H2,1-2H3. The first-order valence-corrected chi connectivity index (χ1v) is 6.65. The van der Waals surface area contributed by atoms with Crippen molar-refractivity contribution >= 4 is 11.3 Å². The van der Waals surface area contributed by atoms with Gasteiger partial charge in [-0.3, -0.25) is 0 Å². The van der Waals surface area contributed by atoms with Crippen LogP contribution in [0.5, 0.6) is 0 Å². The molecule has 1 aromatic heterocycles. The maximum absolute atomic E-state index is 6.06. The van der Waals surface area contributed by atoms with E-state index in [-0.39, 0.29) is 6.04 Å². The highest BCUT2D eigenvalue weighted by molar-refractivity contribution is 7.10. The fourth-order valence-corrected chi connectivity index (χ4v) is 2.35. The predicted octanol–water partition coefficient (Wildman–Crippen LogP) is 2.77. The van der Waals surface area contributed by atoms with Gasteiger partial charge in [0.2, 0.25) is 0 Å². The fourth-order valence-electron chi connectivity index (χ4n) is 1.62. The molecule has 0 fully saturated rings. The molecule has 1 aromatic rings. The first-order chi connectivity index (χ1) is 7.27. The van der Waals surface area contributed by atoms with Crippen molar-refractivity contribution in [3.05, 3.63) is 22.4 Å². The Morgan fingerprint density at radius 2 is 2.07 bits per heavy atom. The smallest absolute Gasteiger partial charge is 0.0516 e. The Bertz CT molecular complexity index is 242. The normalized spacial score (nSPS) is 13.3. The Labute approximate surface area is 96.9 Å². The first kappa shape index (κ1) is 12.7. The minimum atomic E-state index is 0.152. The van der Waals surface area contributed by atoms with E-state index < -0.39 is 0 Å². The summed E-state index contributed by atoms with van der Waals surface area (Å²) in [5.41, 5.74) is 6.06. The van der Waals surface area contributed by atoms with Crippen LogP contribution in [-0.4, -0.2) is 13.1 Å². The molecule has 0 amide bonds. The highest BCUT2D eigenvalue weighted by atomic mass is 32.1. The molecule has 0 radical (unpaired) electrons. The monoisotopic (exact) mass is 226 g/mol. The van der Waals surface area contributed by atoms with E-state index >= 15 is 0 Å². The van der Waals surface area contributed by atoms with Gasteiger partial charge in [-0.2, -0.15) is 0 Å². The summed E-state index contributed by atoms with van der Waals surface area (Å²) in [7, 11) is 0. The zero-order chi connectivity index (χ0) is 11.1. The van der Waals surface area contributed by atoms with E-state index in [0.717, 1.165) is 19.0 Å². The molecule has 1 rings (SSSR count). The molecule has 15 heavy (non-hydrogen) atoms. The van der Waals surface area contributed by atoms with Gasteiger partial charge in [-0.1, -0.05) is 32.8 Å². The summed E-state index contributed by atoms with van der Waals surface area (Å²) in [6.07, 6.45) is 2.50. The summed E-state index contributed by atoms with van der Waals surface area (Å²) >= 11 is 1.74. The number of hydrogen-bond donors (Lipinski definition) is 2. The summed E-state index contributed by atoms with van der Waals surface area (Å²) in [5, 5.41) is 5.54. The van der Waals surface area contributed by atoms with Crippen LogP contribution in [0.3, 0.4) is 0 Å². The highest BCUT2D eigenvalue weighted by Gasteiger charge is 2.07. The Hall–Kier alpha value is -0.380. The molecule has 1 unspecified atom stereocenters. The Kier molecular flexibility index (Phi) is 5.91. The van der Waals surface area contributed by atoms with E-state index in [9.17, 15) is 0 Å². The van der Waals surface area contributed by atoms with Crippen LogP contribution < -0.4 is 11.1 Å². The van der Waals surface area contributed by atoms with Crippen LogP contribution in [0.15, 0.2) is 17.5 Å². The van der Waals surface area contributed by atoms with E-state index in [2.05, 4.69) is 36.7 Å². The second-order valence-corrected chi connectivity index (χ2v) is 4.94. The van der Waals surface area contributed by atoms with Crippen LogP contribution in [0.2, 0.25) is 0 Å². The maximum Gasteiger partial charge on any atom is 0.0516 e. The van der Waals surface area contributed by atoms with Crippen molar-refractivity contribution in [1.29, 1.82) is 0 Å². The van der Waals surface area contributed by atoms with Gasteiger partial charge >= 0.3 is 0 Å². The van der Waals surface area contributed by atoms with E-state index in [1.807, 2.05) is 0 Å². The lowest BCUT2D eigenvalue weighted by Crippen LogP contribution is -2.30. The van der Waals surface area contributed by atoms with Gasteiger partial charge in [-0.15, -0.1) is 11.3 Å². The molecule has 0 aromatic carbocycles. The molecule has 86 valence electrons. The molecule has 0 aliphatic carbocycles. The van der Waals surface area contributed by atoms with Gasteiger partial charge in [-0.25, -0.2) is 0 Å². The topological polar surface area (TPSA) is 38.0 Å². The summed E-state index contributed by atoms with van der Waals surface area (Å²) < 4.78 is 0. The molecule has 2 nitrogen and oxygen atoms in total. The van der Waals surface area contributed by atoms with Crippen molar-refractivity contribution in [2.45, 2.75) is 32.7 Å². The van der Waals surface area contributed by atoms with Crippen LogP contribution >= 0.6 is 11.3 Å². The molecule has 0 aliphatic heterocycles. The third-order valence-electron chi connectivity index (χ3n) is 2.86. The number of hydrogen-bond acceptors (Lipinski definition) is 3. The molecule has 3 N–H and O–H groups in total. The van der Waals surface area contributed by atoms with E-state index in [4.69, 9.17) is 5.73 Å². The van der Waals surface area contributed by atoms with Crippen molar-refractivity contribution in [3.8, 4) is 0 Å². The Morgan fingerprint density at radius 1 is 1.33 bits per heavy atom. The van der Waals surface area contributed by atoms with Crippen molar-refractivity contribution in [3.63, 3.8) is 0 Å². The highest BCUT2D eigenvalue weighted by Crippen LogP contribution is 2.15. The minimum Gasteiger partial charge on any atom is -0.322 e. The first-order valence-electron chi connectivity index (χ1n) is 5.77. The van der Waals surface area contributed by atoms with Crippen LogP contribution in [0.25, 0.3) is 0 Å². The Morgan fingerprint density at radius 3 is 2.60 bits per heavy atom. The zero-order valence-electron chi connectivity index (χ0n) is 9.70. The van der Waals surface area contributed by atoms with Gasteiger partial charge in [-0.05, 0) is 23.9 Å². The average Bonchev–Trinajstić information content (AvgIpc) is 2.77. The molecule has 0 bridgehead atoms. The lowest BCUT2D eigenvalue weighted by atomic mass is 10.0. The zero-order valence-corrected chi connectivity index (χ0v) is 10.5. The molecule has 0 saturated heterocycles. The molecule has 1 heterocycles. The molecule has 3 heteroatoms. The summed E-state index contributed by atoms with van der Waals surface area (Å²) in [4.78, 5) is 1.27. The molecule has 0 spiro atoms. The van der Waals surface area contributed by atoms with Gasteiger partial charge in [0.15, 0.2) is 0 Å². The van der Waals surface area contributed by atoms with Gasteiger partial charge in [0.05, 0.1) is 6.04 Å². The van der Waals surface area contributed by atoms with Crippen molar-refractivity contribution < 1.29 is 0 Å². The molecule has 0 aliphatic rings. The number of thiophene rings is 1. The fraction of sp³-hybridized carbons (Fsp3) is 0.667. The van der Waals surface area contributed by atoms with Gasteiger partial charge in [0.25, 0.3) is 0 Å². The minimum absolute atomic E-state index is 0.152. The van der Waals surface area contributed by atoms with Crippen LogP contribution in [0.1, 0.15) is 37.6 Å². The van der Waals surface area contributed by atoms with Crippen LogP contribution in [0.4, 0.5) is 0 Å². The number of nitrogens with two attached hydrogens (primary N) is 1.